The minimum Gasteiger partial charge on any atom is -0.405 e. The van der Waals surface area contributed by atoms with E-state index in [0.717, 1.165) is 19.3 Å². The first-order valence-electron chi connectivity index (χ1n) is 8.94. The first-order valence-corrected chi connectivity index (χ1v) is 11.8. The van der Waals surface area contributed by atoms with Gasteiger partial charge in [-0.05, 0) is 38.4 Å². The summed E-state index contributed by atoms with van der Waals surface area (Å²) in [6.45, 7) is 16.2. The zero-order chi connectivity index (χ0) is 18.8. The van der Waals surface area contributed by atoms with Crippen LogP contribution in [0.4, 0.5) is 0 Å². The largest absolute Gasteiger partial charge is 0.405 e. The predicted molar refractivity (Wildman–Crippen MR) is 97.3 cm³/mol. The third-order valence-electron chi connectivity index (χ3n) is 5.01. The van der Waals surface area contributed by atoms with Gasteiger partial charge in [-0.2, -0.15) is 0 Å². The van der Waals surface area contributed by atoms with Crippen LogP contribution in [0.5, 0.6) is 0 Å². The van der Waals surface area contributed by atoms with Crippen molar-refractivity contribution >= 4 is 8.32 Å². The van der Waals surface area contributed by atoms with E-state index in [2.05, 4.69) is 40.8 Å². The Labute approximate surface area is 147 Å². The number of unbranched alkanes of at least 4 members (excludes halogenated alkanes) is 1. The van der Waals surface area contributed by atoms with Crippen molar-refractivity contribution in [3.05, 3.63) is 10.1 Å². The maximum Gasteiger partial charge on any atom is 0.231 e. The van der Waals surface area contributed by atoms with Crippen LogP contribution in [0.3, 0.4) is 0 Å². The van der Waals surface area contributed by atoms with Gasteiger partial charge in [-0.1, -0.05) is 40.5 Å². The molecule has 0 spiro atoms. The summed E-state index contributed by atoms with van der Waals surface area (Å²) in [6.07, 6.45) is 1.76. The van der Waals surface area contributed by atoms with Crippen LogP contribution < -0.4 is 0 Å². The fourth-order valence-corrected chi connectivity index (χ4v) is 4.04. The number of hydrogen-bond donors (Lipinski definition) is 0. The number of hydrogen-bond acceptors (Lipinski definition) is 5. The van der Waals surface area contributed by atoms with Crippen molar-refractivity contribution in [3.63, 3.8) is 0 Å². The van der Waals surface area contributed by atoms with E-state index in [4.69, 9.17) is 13.9 Å². The van der Waals surface area contributed by atoms with E-state index < -0.39 is 26.3 Å². The Kier molecular flexibility index (Phi) is 7.00. The number of nitro groups is 1. The zero-order valence-electron chi connectivity index (χ0n) is 16.5. The van der Waals surface area contributed by atoms with Crippen molar-refractivity contribution in [1.82, 2.24) is 0 Å². The highest BCUT2D eigenvalue weighted by Gasteiger charge is 2.50. The Balaban J connectivity index is 3.02. The van der Waals surface area contributed by atoms with Crippen LogP contribution in [0, 0.1) is 10.1 Å². The van der Waals surface area contributed by atoms with Gasteiger partial charge in [0.2, 0.25) is 6.54 Å². The molecule has 1 rings (SSSR count). The van der Waals surface area contributed by atoms with Gasteiger partial charge >= 0.3 is 0 Å². The van der Waals surface area contributed by atoms with Crippen LogP contribution in [-0.4, -0.2) is 43.9 Å². The molecule has 0 amide bonds. The van der Waals surface area contributed by atoms with E-state index in [1.54, 1.807) is 0 Å². The molecule has 0 unspecified atom stereocenters. The number of rotatable bonds is 8. The summed E-state index contributed by atoms with van der Waals surface area (Å²) in [5.41, 5.74) is 0. The highest BCUT2D eigenvalue weighted by atomic mass is 28.4. The van der Waals surface area contributed by atoms with Crippen LogP contribution in [0.15, 0.2) is 0 Å². The maximum absolute atomic E-state index is 11.2. The van der Waals surface area contributed by atoms with Gasteiger partial charge in [0.05, 0.1) is 6.10 Å². The minimum atomic E-state index is -2.15. The zero-order valence-corrected chi connectivity index (χ0v) is 17.5. The third kappa shape index (κ3) is 5.79. The second-order valence-electron chi connectivity index (χ2n) is 8.71. The second-order valence-corrected chi connectivity index (χ2v) is 13.5. The highest BCUT2D eigenvalue weighted by molar-refractivity contribution is 6.74. The molecular formula is C17H35NO5Si. The Morgan fingerprint density at radius 2 is 1.88 bits per heavy atom. The van der Waals surface area contributed by atoms with Crippen molar-refractivity contribution in [2.45, 2.75) is 103 Å². The summed E-state index contributed by atoms with van der Waals surface area (Å²) in [6, 6.07) is 0. The molecule has 0 aliphatic carbocycles. The van der Waals surface area contributed by atoms with Crippen LogP contribution in [-0.2, 0) is 13.9 Å². The molecule has 1 aliphatic rings. The normalized spacial score (nSPS) is 25.7. The van der Waals surface area contributed by atoms with E-state index >= 15 is 0 Å². The lowest BCUT2D eigenvalue weighted by atomic mass is 10.0. The Morgan fingerprint density at radius 3 is 2.33 bits per heavy atom. The Bertz CT molecular complexity index is 433. The molecule has 1 aliphatic heterocycles. The van der Waals surface area contributed by atoms with Gasteiger partial charge in [-0.15, -0.1) is 0 Å². The lowest BCUT2D eigenvalue weighted by Gasteiger charge is -2.40. The van der Waals surface area contributed by atoms with Crippen molar-refractivity contribution < 1.29 is 18.8 Å². The summed E-state index contributed by atoms with van der Waals surface area (Å²) < 4.78 is 18.5. The molecule has 0 aromatic carbocycles. The summed E-state index contributed by atoms with van der Waals surface area (Å²) in [5, 5.41) is 11.2. The average Bonchev–Trinajstić information content (AvgIpc) is 2.68. The molecule has 3 atom stereocenters. The minimum absolute atomic E-state index is 0.0181. The van der Waals surface area contributed by atoms with Gasteiger partial charge in [0.15, 0.2) is 14.1 Å². The highest BCUT2D eigenvalue weighted by Crippen LogP contribution is 2.40. The van der Waals surface area contributed by atoms with E-state index in [0.29, 0.717) is 0 Å². The van der Waals surface area contributed by atoms with Crippen molar-refractivity contribution in [3.8, 4) is 0 Å². The fourth-order valence-electron chi connectivity index (χ4n) is 2.72. The van der Waals surface area contributed by atoms with E-state index in [-0.39, 0.29) is 22.6 Å². The molecule has 1 saturated heterocycles. The standard InChI is InChI=1S/C17H35NO5Si/c1-9-10-11-13-15(22-17(5,6)21-13)14(12-18(19)20)23-24(7,8)16(2,3)4/h13-15H,9-12H2,1-8H3/t13-,14-,15+/m0/s1. The number of ether oxygens (including phenoxy) is 2. The van der Waals surface area contributed by atoms with Crippen LogP contribution in [0.25, 0.3) is 0 Å². The van der Waals surface area contributed by atoms with Crippen molar-refractivity contribution in [2.75, 3.05) is 6.54 Å². The van der Waals surface area contributed by atoms with Gasteiger partial charge in [-0.3, -0.25) is 10.1 Å². The molecule has 0 bridgehead atoms. The smallest absolute Gasteiger partial charge is 0.231 e. The Hall–Kier alpha value is -0.503. The molecule has 24 heavy (non-hydrogen) atoms. The molecule has 0 aromatic heterocycles. The summed E-state index contributed by atoms with van der Waals surface area (Å²) in [4.78, 5) is 10.9. The monoisotopic (exact) mass is 361 g/mol. The molecule has 0 N–H and O–H groups in total. The number of nitrogens with zero attached hydrogens (tertiary/aromatic N) is 1. The van der Waals surface area contributed by atoms with Gasteiger partial charge in [-0.25, -0.2) is 0 Å². The second kappa shape index (κ2) is 7.80. The SMILES string of the molecule is CCCC[C@@H]1OC(C)(C)O[C@H]1[C@H](C[N+](=O)[O-])O[Si](C)(C)C(C)(C)C. The third-order valence-corrected chi connectivity index (χ3v) is 9.52. The maximum atomic E-state index is 11.2. The summed E-state index contributed by atoms with van der Waals surface area (Å²) in [7, 11) is -2.15. The van der Waals surface area contributed by atoms with E-state index in [9.17, 15) is 10.1 Å². The lowest BCUT2D eigenvalue weighted by Crippen LogP contribution is -2.51. The van der Waals surface area contributed by atoms with Gasteiger partial charge in [0.25, 0.3) is 0 Å². The van der Waals surface area contributed by atoms with Gasteiger partial charge < -0.3 is 13.9 Å². The van der Waals surface area contributed by atoms with Gasteiger partial charge in [0, 0.05) is 4.92 Å². The van der Waals surface area contributed by atoms with Crippen LogP contribution >= 0.6 is 0 Å². The summed E-state index contributed by atoms with van der Waals surface area (Å²) in [5.74, 6) is -0.727. The molecule has 0 saturated carbocycles. The van der Waals surface area contributed by atoms with Crippen molar-refractivity contribution in [2.24, 2.45) is 0 Å². The quantitative estimate of drug-likeness (QED) is 0.365. The molecule has 0 aromatic rings. The topological polar surface area (TPSA) is 70.8 Å². The van der Waals surface area contributed by atoms with Crippen LogP contribution in [0.1, 0.15) is 60.8 Å². The van der Waals surface area contributed by atoms with Crippen LogP contribution in [0.2, 0.25) is 18.1 Å². The van der Waals surface area contributed by atoms with E-state index in [1.165, 1.54) is 0 Å². The lowest BCUT2D eigenvalue weighted by molar-refractivity contribution is -0.492. The molecule has 1 heterocycles. The van der Waals surface area contributed by atoms with Crippen molar-refractivity contribution in [1.29, 1.82) is 0 Å². The fraction of sp³-hybridized carbons (Fsp3) is 1.00. The molecule has 7 heteroatoms. The predicted octanol–water partition coefficient (Wildman–Crippen LogP) is 4.36. The average molecular weight is 362 g/mol. The Morgan fingerprint density at radius 1 is 1.29 bits per heavy atom. The first-order chi connectivity index (χ1) is 10.8. The molecular weight excluding hydrogens is 326 g/mol. The molecule has 0 radical (unpaired) electrons. The molecule has 1 fully saturated rings. The molecule has 6 nitrogen and oxygen atoms in total. The van der Waals surface area contributed by atoms with E-state index in [1.807, 2.05) is 13.8 Å². The molecule has 142 valence electrons. The summed E-state index contributed by atoms with van der Waals surface area (Å²) >= 11 is 0. The van der Waals surface area contributed by atoms with Gasteiger partial charge in [0.1, 0.15) is 12.2 Å². The first kappa shape index (κ1) is 21.5.